The molecule has 138 valence electrons. The number of hydrogen-bond donors (Lipinski definition) is 2. The van der Waals surface area contributed by atoms with Gasteiger partial charge in [0, 0.05) is 17.8 Å². The molecule has 0 spiro atoms. The summed E-state index contributed by atoms with van der Waals surface area (Å²) in [5.74, 6) is -1.42. The van der Waals surface area contributed by atoms with E-state index in [-0.39, 0.29) is 24.5 Å². The smallest absolute Gasteiger partial charge is 0.325 e. The van der Waals surface area contributed by atoms with E-state index in [0.29, 0.717) is 13.0 Å². The molecular formula is C16H24N4O4S. The highest BCUT2D eigenvalue weighted by Gasteiger charge is 2.43. The normalized spacial score (nSPS) is 21.2. The minimum Gasteiger partial charge on any atom is -0.462 e. The Morgan fingerprint density at radius 1 is 1.44 bits per heavy atom. The molecule has 1 aliphatic rings. The van der Waals surface area contributed by atoms with Gasteiger partial charge in [-0.2, -0.15) is 0 Å². The van der Waals surface area contributed by atoms with Crippen molar-refractivity contribution in [2.24, 2.45) is 5.73 Å². The highest BCUT2D eigenvalue weighted by Crippen LogP contribution is 2.33. The fourth-order valence-corrected chi connectivity index (χ4v) is 3.53. The molecule has 25 heavy (non-hydrogen) atoms. The van der Waals surface area contributed by atoms with Crippen molar-refractivity contribution < 1.29 is 19.1 Å². The first-order chi connectivity index (χ1) is 11.8. The molecule has 1 aromatic heterocycles. The molecule has 3 atom stereocenters. The summed E-state index contributed by atoms with van der Waals surface area (Å²) in [6, 6.07) is -1.43. The van der Waals surface area contributed by atoms with Gasteiger partial charge in [-0.25, -0.2) is 4.98 Å². The number of rotatable bonds is 6. The monoisotopic (exact) mass is 368 g/mol. The molecule has 1 fully saturated rings. The zero-order chi connectivity index (χ0) is 18.6. The van der Waals surface area contributed by atoms with Gasteiger partial charge in [0.1, 0.15) is 12.6 Å². The van der Waals surface area contributed by atoms with E-state index in [4.69, 9.17) is 10.5 Å². The van der Waals surface area contributed by atoms with Gasteiger partial charge >= 0.3 is 5.97 Å². The maximum atomic E-state index is 12.7. The number of hydrogen-bond acceptors (Lipinski definition) is 7. The van der Waals surface area contributed by atoms with Crippen molar-refractivity contribution in [3.63, 3.8) is 0 Å². The van der Waals surface area contributed by atoms with Crippen molar-refractivity contribution >= 4 is 29.1 Å². The van der Waals surface area contributed by atoms with Gasteiger partial charge in [0.05, 0.1) is 23.4 Å². The lowest BCUT2D eigenvalue weighted by Crippen LogP contribution is -2.52. The fraction of sp³-hybridized carbons (Fsp3) is 0.625. The lowest BCUT2D eigenvalue weighted by Gasteiger charge is -2.28. The molecule has 1 aliphatic heterocycles. The molecule has 1 aromatic rings. The molecule has 0 aromatic carbocycles. The average molecular weight is 368 g/mol. The van der Waals surface area contributed by atoms with Gasteiger partial charge in [0.2, 0.25) is 11.8 Å². The Balaban J connectivity index is 2.12. The molecule has 1 unspecified atom stereocenters. The number of nitrogens with zero attached hydrogens (tertiary/aromatic N) is 2. The maximum Gasteiger partial charge on any atom is 0.325 e. The van der Waals surface area contributed by atoms with Gasteiger partial charge in [-0.15, -0.1) is 11.3 Å². The van der Waals surface area contributed by atoms with Crippen LogP contribution in [0, 0.1) is 0 Å². The van der Waals surface area contributed by atoms with E-state index in [1.54, 1.807) is 26.3 Å². The van der Waals surface area contributed by atoms with Crippen LogP contribution in [0.25, 0.3) is 0 Å². The molecule has 8 nitrogen and oxygen atoms in total. The summed E-state index contributed by atoms with van der Waals surface area (Å²) >= 11 is 1.44. The number of thiazole rings is 1. The van der Waals surface area contributed by atoms with Crippen LogP contribution in [0.4, 0.5) is 0 Å². The number of amides is 2. The van der Waals surface area contributed by atoms with E-state index in [1.165, 1.54) is 16.2 Å². The predicted octanol–water partition coefficient (Wildman–Crippen LogP) is 0.243. The number of ether oxygens (including phenoxy) is 1. The Labute approximate surface area is 150 Å². The quantitative estimate of drug-likeness (QED) is 0.695. The summed E-state index contributed by atoms with van der Waals surface area (Å²) in [6.07, 6.45) is 0.367. The number of esters is 1. The van der Waals surface area contributed by atoms with Crippen molar-refractivity contribution in [1.82, 2.24) is 15.2 Å². The number of aromatic nitrogens is 1. The standard InChI is InChI=1S/C16H24N4O4S/c1-9(2)24-13(21)6-18-15(22)14-11(12-7-25-8-19-12)4-5-20(14)16(23)10(3)17/h7-11,14H,4-6,17H2,1-3H3,(H,18,22)/t10-,11?,14-/m0/s1. The first kappa shape index (κ1) is 19.3. The number of likely N-dealkylation sites (tertiary alicyclic amines) is 1. The molecule has 2 rings (SSSR count). The summed E-state index contributed by atoms with van der Waals surface area (Å²) in [5.41, 5.74) is 8.18. The van der Waals surface area contributed by atoms with Gasteiger partial charge < -0.3 is 20.7 Å². The molecule has 2 heterocycles. The number of carbonyl (C=O) groups is 3. The van der Waals surface area contributed by atoms with E-state index in [1.807, 2.05) is 5.38 Å². The zero-order valence-corrected chi connectivity index (χ0v) is 15.4. The molecule has 0 saturated carbocycles. The van der Waals surface area contributed by atoms with E-state index in [9.17, 15) is 14.4 Å². The van der Waals surface area contributed by atoms with Crippen molar-refractivity contribution in [3.8, 4) is 0 Å². The molecule has 0 aliphatic carbocycles. The summed E-state index contributed by atoms with van der Waals surface area (Å²) in [6.45, 7) is 5.25. The Hall–Kier alpha value is -2.00. The number of nitrogens with one attached hydrogen (secondary N) is 1. The minimum atomic E-state index is -0.729. The molecule has 0 radical (unpaired) electrons. The highest BCUT2D eigenvalue weighted by atomic mass is 32.1. The van der Waals surface area contributed by atoms with Crippen LogP contribution >= 0.6 is 11.3 Å². The van der Waals surface area contributed by atoms with E-state index >= 15 is 0 Å². The molecular weight excluding hydrogens is 344 g/mol. The Kier molecular flexibility index (Phi) is 6.49. The van der Waals surface area contributed by atoms with Crippen molar-refractivity contribution in [2.45, 2.75) is 51.3 Å². The first-order valence-electron chi connectivity index (χ1n) is 8.22. The van der Waals surface area contributed by atoms with Gasteiger partial charge in [-0.3, -0.25) is 14.4 Å². The van der Waals surface area contributed by atoms with Gasteiger partial charge in [-0.1, -0.05) is 0 Å². The van der Waals surface area contributed by atoms with Crippen LogP contribution < -0.4 is 11.1 Å². The molecule has 9 heteroatoms. The second-order valence-electron chi connectivity index (χ2n) is 6.33. The van der Waals surface area contributed by atoms with Crippen LogP contribution in [0.1, 0.15) is 38.8 Å². The summed E-state index contributed by atoms with van der Waals surface area (Å²) in [4.78, 5) is 42.5. The largest absolute Gasteiger partial charge is 0.462 e. The fourth-order valence-electron chi connectivity index (χ4n) is 2.91. The van der Waals surface area contributed by atoms with E-state index < -0.39 is 24.0 Å². The minimum absolute atomic E-state index is 0.213. The lowest BCUT2D eigenvalue weighted by atomic mass is 9.96. The summed E-state index contributed by atoms with van der Waals surface area (Å²) in [5, 5.41) is 4.45. The number of carbonyl (C=O) groups excluding carboxylic acids is 3. The van der Waals surface area contributed by atoms with Crippen LogP contribution in [-0.4, -0.2) is 58.9 Å². The highest BCUT2D eigenvalue weighted by molar-refractivity contribution is 7.07. The zero-order valence-electron chi connectivity index (χ0n) is 14.6. The van der Waals surface area contributed by atoms with Crippen molar-refractivity contribution in [3.05, 3.63) is 16.6 Å². The molecule has 0 bridgehead atoms. The van der Waals surface area contributed by atoms with Gasteiger partial charge in [-0.05, 0) is 27.2 Å². The molecule has 1 saturated heterocycles. The third-order valence-corrected chi connectivity index (χ3v) is 4.55. The van der Waals surface area contributed by atoms with Crippen LogP contribution in [-0.2, 0) is 19.1 Å². The van der Waals surface area contributed by atoms with Crippen molar-refractivity contribution in [2.75, 3.05) is 13.1 Å². The van der Waals surface area contributed by atoms with E-state index in [2.05, 4.69) is 10.3 Å². The number of nitrogens with two attached hydrogens (primary N) is 1. The first-order valence-corrected chi connectivity index (χ1v) is 9.17. The van der Waals surface area contributed by atoms with Gasteiger partial charge in [0.25, 0.3) is 0 Å². The Morgan fingerprint density at radius 2 is 2.16 bits per heavy atom. The van der Waals surface area contributed by atoms with Gasteiger partial charge in [0.15, 0.2) is 0 Å². The van der Waals surface area contributed by atoms with E-state index in [0.717, 1.165) is 5.69 Å². The molecule has 3 N–H and O–H groups in total. The van der Waals surface area contributed by atoms with Crippen LogP contribution in [0.15, 0.2) is 10.9 Å². The Bertz CT molecular complexity index is 618. The Morgan fingerprint density at radius 3 is 2.72 bits per heavy atom. The molecule has 2 amide bonds. The maximum absolute atomic E-state index is 12.7. The van der Waals surface area contributed by atoms with Crippen LogP contribution in [0.3, 0.4) is 0 Å². The van der Waals surface area contributed by atoms with Crippen molar-refractivity contribution in [1.29, 1.82) is 0 Å². The summed E-state index contributed by atoms with van der Waals surface area (Å²) < 4.78 is 5.01. The third kappa shape index (κ3) is 4.76. The predicted molar refractivity (Wildman–Crippen MR) is 92.9 cm³/mol. The SMILES string of the molecule is CC(C)OC(=O)CNC(=O)[C@@H]1C(c2cscn2)CCN1C(=O)[C@H](C)N. The summed E-state index contributed by atoms with van der Waals surface area (Å²) in [7, 11) is 0. The topological polar surface area (TPSA) is 115 Å². The third-order valence-electron chi connectivity index (χ3n) is 3.94. The average Bonchev–Trinajstić information content (AvgIpc) is 3.19. The second kappa shape index (κ2) is 8.39. The van der Waals surface area contributed by atoms with Crippen LogP contribution in [0.2, 0.25) is 0 Å². The van der Waals surface area contributed by atoms with Crippen LogP contribution in [0.5, 0.6) is 0 Å². The second-order valence-corrected chi connectivity index (χ2v) is 7.05. The lowest BCUT2D eigenvalue weighted by molar-refractivity contribution is -0.148.